The zero-order chi connectivity index (χ0) is 12.8. The first-order valence-electron chi connectivity index (χ1n) is 5.73. The second-order valence-corrected chi connectivity index (χ2v) is 4.25. The molecule has 0 aliphatic heterocycles. The van der Waals surface area contributed by atoms with Crippen molar-refractivity contribution in [2.24, 2.45) is 0 Å². The van der Waals surface area contributed by atoms with E-state index in [0.29, 0.717) is 17.7 Å². The molecule has 0 amide bonds. The molecule has 1 heterocycles. The molecule has 1 aromatic rings. The van der Waals surface area contributed by atoms with Crippen LogP contribution in [0.15, 0.2) is 12.3 Å². The topological polar surface area (TPSA) is 56.1 Å². The van der Waals surface area contributed by atoms with Crippen LogP contribution in [0.3, 0.4) is 0 Å². The van der Waals surface area contributed by atoms with Crippen LogP contribution < -0.4 is 4.90 Å². The molecule has 17 heavy (non-hydrogen) atoms. The Kier molecular flexibility index (Phi) is 4.85. The standard InChI is InChI=1S/C12H19N5/c1-5-17(10(2)9-16(3)4)12-14-7-6-11(8-13)15-12/h6-7,10H,5,9H2,1-4H3. The maximum atomic E-state index is 8.83. The highest BCUT2D eigenvalue weighted by atomic mass is 15.3. The lowest BCUT2D eigenvalue weighted by Crippen LogP contribution is -2.41. The molecule has 0 fully saturated rings. The molecule has 0 aliphatic carbocycles. The highest BCUT2D eigenvalue weighted by Crippen LogP contribution is 2.11. The van der Waals surface area contributed by atoms with Crippen LogP contribution in [0.5, 0.6) is 0 Å². The molecule has 0 saturated carbocycles. The zero-order valence-electron chi connectivity index (χ0n) is 10.9. The Morgan fingerprint density at radius 2 is 2.18 bits per heavy atom. The highest BCUT2D eigenvalue weighted by Gasteiger charge is 2.16. The molecule has 1 atom stereocenters. The Morgan fingerprint density at radius 1 is 1.47 bits per heavy atom. The van der Waals surface area contributed by atoms with E-state index < -0.39 is 0 Å². The summed E-state index contributed by atoms with van der Waals surface area (Å²) < 4.78 is 0. The lowest BCUT2D eigenvalue weighted by Gasteiger charge is -2.29. The first kappa shape index (κ1) is 13.4. The summed E-state index contributed by atoms with van der Waals surface area (Å²) in [4.78, 5) is 12.7. The largest absolute Gasteiger partial charge is 0.337 e. The fraction of sp³-hybridized carbons (Fsp3) is 0.583. The van der Waals surface area contributed by atoms with Crippen molar-refractivity contribution in [3.05, 3.63) is 18.0 Å². The van der Waals surface area contributed by atoms with E-state index in [-0.39, 0.29) is 0 Å². The molecule has 0 aliphatic rings. The highest BCUT2D eigenvalue weighted by molar-refractivity contribution is 5.34. The lowest BCUT2D eigenvalue weighted by atomic mass is 10.3. The monoisotopic (exact) mass is 233 g/mol. The van der Waals surface area contributed by atoms with E-state index in [2.05, 4.69) is 33.6 Å². The van der Waals surface area contributed by atoms with Crippen LogP contribution in [0.2, 0.25) is 0 Å². The summed E-state index contributed by atoms with van der Waals surface area (Å²) in [5, 5.41) is 8.83. The molecule has 1 aromatic heterocycles. The molecule has 0 radical (unpaired) electrons. The van der Waals surface area contributed by atoms with Crippen molar-refractivity contribution in [3.8, 4) is 6.07 Å². The van der Waals surface area contributed by atoms with Gasteiger partial charge in [0, 0.05) is 25.3 Å². The van der Waals surface area contributed by atoms with Crippen molar-refractivity contribution in [1.29, 1.82) is 5.26 Å². The average Bonchev–Trinajstić information content (AvgIpc) is 2.29. The van der Waals surface area contributed by atoms with E-state index in [1.54, 1.807) is 12.3 Å². The van der Waals surface area contributed by atoms with E-state index in [0.717, 1.165) is 13.1 Å². The molecule has 0 aromatic carbocycles. The van der Waals surface area contributed by atoms with Crippen LogP contribution in [-0.4, -0.2) is 48.1 Å². The van der Waals surface area contributed by atoms with E-state index in [4.69, 9.17) is 5.26 Å². The van der Waals surface area contributed by atoms with Crippen LogP contribution >= 0.6 is 0 Å². The number of hydrogen-bond acceptors (Lipinski definition) is 5. The van der Waals surface area contributed by atoms with Gasteiger partial charge in [-0.2, -0.15) is 5.26 Å². The fourth-order valence-electron chi connectivity index (χ4n) is 1.83. The molecule has 0 bridgehead atoms. The van der Waals surface area contributed by atoms with Gasteiger partial charge in [-0.15, -0.1) is 0 Å². The Labute approximate surface area is 103 Å². The molecule has 5 heteroatoms. The number of nitrogens with zero attached hydrogens (tertiary/aromatic N) is 5. The molecule has 1 rings (SSSR count). The van der Waals surface area contributed by atoms with E-state index in [9.17, 15) is 0 Å². The van der Waals surface area contributed by atoms with Gasteiger partial charge in [0.2, 0.25) is 5.95 Å². The number of anilines is 1. The minimum Gasteiger partial charge on any atom is -0.337 e. The van der Waals surface area contributed by atoms with Crippen LogP contribution in [0, 0.1) is 11.3 Å². The summed E-state index contributed by atoms with van der Waals surface area (Å²) in [6, 6.07) is 3.97. The summed E-state index contributed by atoms with van der Waals surface area (Å²) in [6.07, 6.45) is 1.63. The summed E-state index contributed by atoms with van der Waals surface area (Å²) in [5.74, 6) is 0.626. The predicted octanol–water partition coefficient (Wildman–Crippen LogP) is 1.12. The van der Waals surface area contributed by atoms with E-state index in [1.807, 2.05) is 20.2 Å². The molecular formula is C12H19N5. The number of aromatic nitrogens is 2. The zero-order valence-corrected chi connectivity index (χ0v) is 10.9. The van der Waals surface area contributed by atoms with Gasteiger partial charge in [-0.1, -0.05) is 0 Å². The maximum absolute atomic E-state index is 8.83. The number of hydrogen-bond donors (Lipinski definition) is 0. The first-order chi connectivity index (χ1) is 8.08. The third-order valence-electron chi connectivity index (χ3n) is 2.52. The van der Waals surface area contributed by atoms with Gasteiger partial charge in [0.15, 0.2) is 0 Å². The minimum atomic E-state index is 0.309. The van der Waals surface area contributed by atoms with E-state index >= 15 is 0 Å². The number of likely N-dealkylation sites (N-methyl/N-ethyl adjacent to an activating group) is 2. The van der Waals surface area contributed by atoms with Crippen LogP contribution in [0.25, 0.3) is 0 Å². The maximum Gasteiger partial charge on any atom is 0.226 e. The molecule has 0 N–H and O–H groups in total. The molecular weight excluding hydrogens is 214 g/mol. The summed E-state index contributed by atoms with van der Waals surface area (Å²) in [5.41, 5.74) is 0.408. The van der Waals surface area contributed by atoms with Crippen LogP contribution in [-0.2, 0) is 0 Å². The predicted molar refractivity (Wildman–Crippen MR) is 67.8 cm³/mol. The summed E-state index contributed by atoms with van der Waals surface area (Å²) in [6.45, 7) is 5.94. The minimum absolute atomic E-state index is 0.309. The van der Waals surface area contributed by atoms with Crippen molar-refractivity contribution in [1.82, 2.24) is 14.9 Å². The first-order valence-corrected chi connectivity index (χ1v) is 5.73. The Bertz CT molecular complexity index is 396. The smallest absolute Gasteiger partial charge is 0.226 e. The van der Waals surface area contributed by atoms with Crippen LogP contribution in [0.4, 0.5) is 5.95 Å². The van der Waals surface area contributed by atoms with E-state index in [1.165, 1.54) is 0 Å². The van der Waals surface area contributed by atoms with Crippen molar-refractivity contribution in [2.75, 3.05) is 32.1 Å². The second kappa shape index (κ2) is 6.16. The van der Waals surface area contributed by atoms with Crippen molar-refractivity contribution in [2.45, 2.75) is 19.9 Å². The van der Waals surface area contributed by atoms with Gasteiger partial charge in [-0.3, -0.25) is 0 Å². The third kappa shape index (κ3) is 3.68. The SMILES string of the molecule is CCN(c1nccc(C#N)n1)C(C)CN(C)C. The molecule has 0 spiro atoms. The number of rotatable bonds is 5. The quantitative estimate of drug-likeness (QED) is 0.763. The fourth-order valence-corrected chi connectivity index (χ4v) is 1.83. The van der Waals surface area contributed by atoms with Gasteiger partial charge in [-0.25, -0.2) is 9.97 Å². The van der Waals surface area contributed by atoms with Crippen molar-refractivity contribution < 1.29 is 0 Å². The van der Waals surface area contributed by atoms with Gasteiger partial charge in [0.1, 0.15) is 11.8 Å². The third-order valence-corrected chi connectivity index (χ3v) is 2.52. The van der Waals surface area contributed by atoms with Gasteiger partial charge in [0.05, 0.1) is 0 Å². The molecule has 5 nitrogen and oxygen atoms in total. The second-order valence-electron chi connectivity index (χ2n) is 4.25. The Morgan fingerprint density at radius 3 is 2.71 bits per heavy atom. The Balaban J connectivity index is 2.89. The average molecular weight is 233 g/mol. The normalized spacial score (nSPS) is 12.2. The molecule has 92 valence electrons. The summed E-state index contributed by atoms with van der Waals surface area (Å²) >= 11 is 0. The van der Waals surface area contributed by atoms with Crippen molar-refractivity contribution in [3.63, 3.8) is 0 Å². The lowest BCUT2D eigenvalue weighted by molar-refractivity contribution is 0.371. The summed E-state index contributed by atoms with van der Waals surface area (Å²) in [7, 11) is 4.08. The van der Waals surface area contributed by atoms with Gasteiger partial charge >= 0.3 is 0 Å². The molecule has 1 unspecified atom stereocenters. The number of nitriles is 1. The van der Waals surface area contributed by atoms with Crippen molar-refractivity contribution >= 4 is 5.95 Å². The van der Waals surface area contributed by atoms with Gasteiger partial charge in [-0.05, 0) is 34.0 Å². The van der Waals surface area contributed by atoms with Crippen LogP contribution in [0.1, 0.15) is 19.5 Å². The molecule has 0 saturated heterocycles. The Hall–Kier alpha value is -1.67. The van der Waals surface area contributed by atoms with Gasteiger partial charge < -0.3 is 9.80 Å². The van der Waals surface area contributed by atoms with Gasteiger partial charge in [0.25, 0.3) is 0 Å².